The Morgan fingerprint density at radius 3 is 2.62 bits per heavy atom. The van der Waals surface area contributed by atoms with Gasteiger partial charge in [-0.3, -0.25) is 4.79 Å². The van der Waals surface area contributed by atoms with Gasteiger partial charge in [0.2, 0.25) is 0 Å². The van der Waals surface area contributed by atoms with Gasteiger partial charge < -0.3 is 10.1 Å². The fraction of sp³-hybridized carbons (Fsp3) is 0.400. The molecule has 0 aliphatic carbocycles. The molecule has 0 aliphatic rings. The Hall–Kier alpha value is -2.36. The monoisotopic (exact) mass is 326 g/mol. The molecule has 0 saturated carbocycles. The van der Waals surface area contributed by atoms with Gasteiger partial charge in [-0.1, -0.05) is 26.0 Å². The van der Waals surface area contributed by atoms with Crippen molar-refractivity contribution in [2.45, 2.75) is 40.2 Å². The van der Waals surface area contributed by atoms with Gasteiger partial charge in [0.25, 0.3) is 0 Å². The van der Waals surface area contributed by atoms with Crippen molar-refractivity contribution >= 4 is 11.6 Å². The molecule has 1 heterocycles. The Morgan fingerprint density at radius 2 is 1.96 bits per heavy atom. The lowest BCUT2D eigenvalue weighted by Crippen LogP contribution is -2.23. The van der Waals surface area contributed by atoms with Crippen molar-refractivity contribution in [3.05, 3.63) is 53.7 Å². The van der Waals surface area contributed by atoms with Crippen molar-refractivity contribution in [3.8, 4) is 5.75 Å². The number of aromatic nitrogens is 1. The summed E-state index contributed by atoms with van der Waals surface area (Å²) >= 11 is 0. The summed E-state index contributed by atoms with van der Waals surface area (Å²) in [6, 6.07) is 10.9. The molecule has 0 bridgehead atoms. The molecule has 0 fully saturated rings. The van der Waals surface area contributed by atoms with E-state index in [2.05, 4.69) is 24.1 Å². The molecular weight excluding hydrogens is 300 g/mol. The van der Waals surface area contributed by atoms with E-state index >= 15 is 0 Å². The van der Waals surface area contributed by atoms with Gasteiger partial charge in [0.15, 0.2) is 5.78 Å². The Labute approximate surface area is 144 Å². The van der Waals surface area contributed by atoms with Crippen LogP contribution in [0.4, 0.5) is 5.82 Å². The molecule has 0 unspecified atom stereocenters. The van der Waals surface area contributed by atoms with E-state index in [0.29, 0.717) is 28.6 Å². The standard InChI is InChI=1S/C20H26N2O2/c1-14(2)13-22-19-17(10-7-11-21-19)18(23)15-8-6-9-16(12-15)24-20(3,4)5/h6-12,14H,13H2,1-5H3,(H,21,22). The largest absolute Gasteiger partial charge is 0.488 e. The minimum absolute atomic E-state index is 0.0614. The molecule has 0 atom stereocenters. The number of nitrogens with one attached hydrogen (secondary N) is 1. The van der Waals surface area contributed by atoms with Gasteiger partial charge in [-0.2, -0.15) is 0 Å². The smallest absolute Gasteiger partial charge is 0.196 e. The van der Waals surface area contributed by atoms with Gasteiger partial charge in [-0.05, 0) is 51.0 Å². The number of ketones is 1. The molecule has 0 spiro atoms. The first-order chi connectivity index (χ1) is 11.3. The number of anilines is 1. The number of hydrogen-bond acceptors (Lipinski definition) is 4. The molecule has 4 heteroatoms. The quantitative estimate of drug-likeness (QED) is 0.791. The third kappa shape index (κ3) is 5.08. The molecular formula is C20H26N2O2. The van der Waals surface area contributed by atoms with E-state index < -0.39 is 0 Å². The molecule has 1 aromatic heterocycles. The number of nitrogens with zero attached hydrogens (tertiary/aromatic N) is 1. The lowest BCUT2D eigenvalue weighted by Gasteiger charge is -2.21. The van der Waals surface area contributed by atoms with Crippen molar-refractivity contribution in [2.75, 3.05) is 11.9 Å². The second-order valence-corrected chi connectivity index (χ2v) is 7.25. The van der Waals surface area contributed by atoms with Crippen LogP contribution < -0.4 is 10.1 Å². The van der Waals surface area contributed by atoms with E-state index in [0.717, 1.165) is 6.54 Å². The van der Waals surface area contributed by atoms with Crippen molar-refractivity contribution in [2.24, 2.45) is 5.92 Å². The number of hydrogen-bond donors (Lipinski definition) is 1. The first-order valence-corrected chi connectivity index (χ1v) is 8.29. The molecule has 2 rings (SSSR count). The van der Waals surface area contributed by atoms with Crippen molar-refractivity contribution in [1.82, 2.24) is 4.98 Å². The van der Waals surface area contributed by atoms with E-state index in [4.69, 9.17) is 4.74 Å². The zero-order chi connectivity index (χ0) is 17.7. The third-order valence-electron chi connectivity index (χ3n) is 3.25. The molecule has 0 amide bonds. The van der Waals surface area contributed by atoms with Crippen LogP contribution in [0.25, 0.3) is 0 Å². The van der Waals surface area contributed by atoms with Crippen molar-refractivity contribution in [1.29, 1.82) is 0 Å². The van der Waals surface area contributed by atoms with Gasteiger partial charge in [0, 0.05) is 18.3 Å². The number of pyridine rings is 1. The summed E-state index contributed by atoms with van der Waals surface area (Å²) in [7, 11) is 0. The fourth-order valence-corrected chi connectivity index (χ4v) is 2.24. The van der Waals surface area contributed by atoms with Crippen LogP contribution in [0, 0.1) is 5.92 Å². The summed E-state index contributed by atoms with van der Waals surface area (Å²) in [6.07, 6.45) is 1.69. The van der Waals surface area contributed by atoms with E-state index in [1.54, 1.807) is 30.5 Å². The average Bonchev–Trinajstić information content (AvgIpc) is 2.51. The molecule has 128 valence electrons. The lowest BCUT2D eigenvalue weighted by molar-refractivity contribution is 0.103. The molecule has 0 saturated heterocycles. The van der Waals surface area contributed by atoms with Crippen LogP contribution in [0.1, 0.15) is 50.5 Å². The molecule has 1 aromatic carbocycles. The average molecular weight is 326 g/mol. The predicted octanol–water partition coefficient (Wildman–Crippen LogP) is 4.56. The molecule has 0 aliphatic heterocycles. The van der Waals surface area contributed by atoms with Crippen LogP contribution in [-0.4, -0.2) is 22.9 Å². The minimum Gasteiger partial charge on any atom is -0.488 e. The second-order valence-electron chi connectivity index (χ2n) is 7.25. The van der Waals surface area contributed by atoms with Crippen molar-refractivity contribution < 1.29 is 9.53 Å². The minimum atomic E-state index is -0.306. The van der Waals surface area contributed by atoms with E-state index in [-0.39, 0.29) is 11.4 Å². The Bertz CT molecular complexity index is 703. The topological polar surface area (TPSA) is 51.2 Å². The Balaban J connectivity index is 2.27. The normalized spacial score (nSPS) is 11.4. The molecule has 1 N–H and O–H groups in total. The molecule has 24 heavy (non-hydrogen) atoms. The zero-order valence-electron chi connectivity index (χ0n) is 15.1. The maximum Gasteiger partial charge on any atom is 0.196 e. The number of carbonyl (C=O) groups excluding carboxylic acids is 1. The summed E-state index contributed by atoms with van der Waals surface area (Å²) in [5.74, 6) is 1.72. The molecule has 4 nitrogen and oxygen atoms in total. The van der Waals surface area contributed by atoms with Gasteiger partial charge in [-0.25, -0.2) is 4.98 Å². The van der Waals surface area contributed by atoms with Crippen LogP contribution >= 0.6 is 0 Å². The fourth-order valence-electron chi connectivity index (χ4n) is 2.24. The SMILES string of the molecule is CC(C)CNc1ncccc1C(=O)c1cccc(OC(C)(C)C)c1. The number of benzene rings is 1. The highest BCUT2D eigenvalue weighted by molar-refractivity contribution is 6.12. The maximum atomic E-state index is 12.9. The summed E-state index contributed by atoms with van der Waals surface area (Å²) in [6.45, 7) is 10.9. The number of ether oxygens (including phenoxy) is 1. The number of carbonyl (C=O) groups is 1. The third-order valence-corrected chi connectivity index (χ3v) is 3.25. The first-order valence-electron chi connectivity index (χ1n) is 8.29. The molecule has 2 aromatic rings. The summed E-state index contributed by atoms with van der Waals surface area (Å²) in [5.41, 5.74) is 0.864. The first kappa shape index (κ1) is 18.0. The Morgan fingerprint density at radius 1 is 1.21 bits per heavy atom. The number of rotatable bonds is 6. The van der Waals surface area contributed by atoms with Crippen LogP contribution in [0.2, 0.25) is 0 Å². The van der Waals surface area contributed by atoms with Gasteiger partial charge >= 0.3 is 0 Å². The van der Waals surface area contributed by atoms with Crippen LogP contribution in [0.3, 0.4) is 0 Å². The Kier molecular flexibility index (Phi) is 5.60. The summed E-state index contributed by atoms with van der Waals surface area (Å²) in [4.78, 5) is 17.2. The van der Waals surface area contributed by atoms with E-state index in [9.17, 15) is 4.79 Å². The van der Waals surface area contributed by atoms with Gasteiger partial charge in [0.05, 0.1) is 5.56 Å². The van der Waals surface area contributed by atoms with E-state index in [1.165, 1.54) is 0 Å². The second kappa shape index (κ2) is 7.47. The van der Waals surface area contributed by atoms with Crippen LogP contribution in [0.15, 0.2) is 42.6 Å². The lowest BCUT2D eigenvalue weighted by atomic mass is 10.0. The van der Waals surface area contributed by atoms with Crippen LogP contribution in [-0.2, 0) is 0 Å². The molecule has 0 radical (unpaired) electrons. The highest BCUT2D eigenvalue weighted by atomic mass is 16.5. The van der Waals surface area contributed by atoms with Gasteiger partial charge in [0.1, 0.15) is 17.2 Å². The summed E-state index contributed by atoms with van der Waals surface area (Å²) in [5, 5.41) is 3.25. The maximum absolute atomic E-state index is 12.9. The van der Waals surface area contributed by atoms with Crippen molar-refractivity contribution in [3.63, 3.8) is 0 Å². The predicted molar refractivity (Wildman–Crippen MR) is 97.8 cm³/mol. The van der Waals surface area contributed by atoms with Gasteiger partial charge in [-0.15, -0.1) is 0 Å². The highest BCUT2D eigenvalue weighted by Crippen LogP contribution is 2.23. The van der Waals surface area contributed by atoms with Crippen LogP contribution in [0.5, 0.6) is 5.75 Å². The summed E-state index contributed by atoms with van der Waals surface area (Å²) < 4.78 is 5.85. The highest BCUT2D eigenvalue weighted by Gasteiger charge is 2.17. The zero-order valence-corrected chi connectivity index (χ0v) is 15.1. The van der Waals surface area contributed by atoms with E-state index in [1.807, 2.05) is 32.9 Å².